The number of methoxy groups -OCH3 is 1. The molecule has 0 fully saturated rings. The smallest absolute Gasteiger partial charge is 0.339 e. The van der Waals surface area contributed by atoms with Gasteiger partial charge in [-0.15, -0.1) is 0 Å². The summed E-state index contributed by atoms with van der Waals surface area (Å²) in [5.41, 5.74) is 3.22. The number of hydrogen-bond donors (Lipinski definition) is 1. The van der Waals surface area contributed by atoms with E-state index in [1.807, 2.05) is 4.90 Å². The number of benzene rings is 1. The number of amides is 2. The molecule has 1 aromatic heterocycles. The first-order valence-electron chi connectivity index (χ1n) is 8.97. The van der Waals surface area contributed by atoms with Crippen molar-refractivity contribution >= 4 is 17.7 Å². The van der Waals surface area contributed by atoms with Crippen molar-refractivity contribution in [3.8, 4) is 0 Å². The maximum Gasteiger partial charge on any atom is 0.339 e. The number of carbonyl (C=O) groups excluding carboxylic acids is 2. The van der Waals surface area contributed by atoms with Gasteiger partial charge in [0.15, 0.2) is 0 Å². The molecule has 1 atom stereocenters. The third-order valence-electron chi connectivity index (χ3n) is 4.91. The van der Waals surface area contributed by atoms with Gasteiger partial charge in [0, 0.05) is 24.5 Å². The fourth-order valence-electron chi connectivity index (χ4n) is 3.60. The number of fused-ring (bicyclic) bond motifs is 1. The van der Waals surface area contributed by atoms with Gasteiger partial charge in [-0.25, -0.2) is 9.59 Å². The van der Waals surface area contributed by atoms with E-state index in [9.17, 15) is 9.59 Å². The molecule has 2 aromatic rings. The van der Waals surface area contributed by atoms with Crippen LogP contribution in [0.3, 0.4) is 0 Å². The molecule has 138 valence electrons. The van der Waals surface area contributed by atoms with Crippen LogP contribution in [0.1, 0.15) is 47.6 Å². The topological polar surface area (TPSA) is 63.6 Å². The van der Waals surface area contributed by atoms with Crippen LogP contribution in [0.25, 0.3) is 0 Å². The van der Waals surface area contributed by atoms with Gasteiger partial charge < -0.3 is 19.5 Å². The molecule has 6 nitrogen and oxygen atoms in total. The molecule has 1 N–H and O–H groups in total. The number of aromatic nitrogens is 1. The molecule has 0 bridgehead atoms. The highest BCUT2D eigenvalue weighted by Gasteiger charge is 2.31. The molecular formula is C20H25N3O3. The van der Waals surface area contributed by atoms with E-state index < -0.39 is 5.97 Å². The van der Waals surface area contributed by atoms with Gasteiger partial charge in [-0.05, 0) is 37.6 Å². The summed E-state index contributed by atoms with van der Waals surface area (Å²) in [5, 5.41) is 2.90. The number of rotatable bonds is 4. The molecule has 0 saturated carbocycles. The molecule has 0 saturated heterocycles. The van der Waals surface area contributed by atoms with Crippen molar-refractivity contribution in [2.45, 2.75) is 39.3 Å². The van der Waals surface area contributed by atoms with Crippen LogP contribution in [-0.4, -0.2) is 35.1 Å². The molecule has 2 heterocycles. The standard InChI is InChI=1S/C20H25N3O3/c1-4-7-17-18-11-10-14(2)22(18)12-13-23(17)20(25)21-16-9-6-5-8-15(16)19(24)26-3/h5-6,8-11,17H,4,7,12-13H2,1-3H3,(H,21,25)/t17-/m0/s1. The highest BCUT2D eigenvalue weighted by Crippen LogP contribution is 2.32. The maximum atomic E-state index is 13.0. The second kappa shape index (κ2) is 7.64. The van der Waals surface area contributed by atoms with Crippen LogP contribution in [0.5, 0.6) is 0 Å². The first-order valence-corrected chi connectivity index (χ1v) is 8.97. The molecular weight excluding hydrogens is 330 g/mol. The van der Waals surface area contributed by atoms with E-state index in [4.69, 9.17) is 4.74 Å². The molecule has 1 aromatic carbocycles. The van der Waals surface area contributed by atoms with Crippen molar-refractivity contribution in [1.29, 1.82) is 0 Å². The van der Waals surface area contributed by atoms with Gasteiger partial charge >= 0.3 is 12.0 Å². The van der Waals surface area contributed by atoms with Crippen molar-refractivity contribution in [3.63, 3.8) is 0 Å². The lowest BCUT2D eigenvalue weighted by Gasteiger charge is -2.37. The second-order valence-corrected chi connectivity index (χ2v) is 6.52. The van der Waals surface area contributed by atoms with Gasteiger partial charge in [0.1, 0.15) is 0 Å². The number of carbonyl (C=O) groups is 2. The van der Waals surface area contributed by atoms with E-state index >= 15 is 0 Å². The summed E-state index contributed by atoms with van der Waals surface area (Å²) < 4.78 is 7.09. The fourth-order valence-corrected chi connectivity index (χ4v) is 3.60. The normalized spacial score (nSPS) is 16.1. The highest BCUT2D eigenvalue weighted by atomic mass is 16.5. The van der Waals surface area contributed by atoms with Crippen LogP contribution in [-0.2, 0) is 11.3 Å². The zero-order valence-electron chi connectivity index (χ0n) is 15.5. The van der Waals surface area contributed by atoms with E-state index in [1.54, 1.807) is 24.3 Å². The molecule has 2 amide bonds. The Balaban J connectivity index is 1.85. The molecule has 26 heavy (non-hydrogen) atoms. The van der Waals surface area contributed by atoms with Crippen LogP contribution in [0.15, 0.2) is 36.4 Å². The first-order chi connectivity index (χ1) is 12.6. The minimum absolute atomic E-state index is 0.0349. The van der Waals surface area contributed by atoms with Gasteiger partial charge in [-0.1, -0.05) is 25.5 Å². The number of para-hydroxylation sites is 1. The van der Waals surface area contributed by atoms with E-state index in [0.29, 0.717) is 17.8 Å². The van der Waals surface area contributed by atoms with Gasteiger partial charge in [0.05, 0.1) is 24.4 Å². The molecule has 1 aliphatic rings. The number of esters is 1. The largest absolute Gasteiger partial charge is 0.465 e. The third kappa shape index (κ3) is 3.31. The lowest BCUT2D eigenvalue weighted by atomic mass is 10.0. The Hall–Kier alpha value is -2.76. The zero-order chi connectivity index (χ0) is 18.7. The van der Waals surface area contributed by atoms with Gasteiger partial charge in [-0.3, -0.25) is 0 Å². The third-order valence-corrected chi connectivity index (χ3v) is 4.91. The minimum Gasteiger partial charge on any atom is -0.465 e. The number of hydrogen-bond acceptors (Lipinski definition) is 3. The molecule has 0 radical (unpaired) electrons. The molecule has 0 aliphatic carbocycles. The number of anilines is 1. The summed E-state index contributed by atoms with van der Waals surface area (Å²) in [6.07, 6.45) is 1.88. The van der Waals surface area contributed by atoms with Crippen molar-refractivity contribution in [1.82, 2.24) is 9.47 Å². The summed E-state index contributed by atoms with van der Waals surface area (Å²) in [6.45, 7) is 5.63. The van der Waals surface area contributed by atoms with E-state index in [2.05, 4.69) is 35.9 Å². The van der Waals surface area contributed by atoms with Crippen LogP contribution in [0.2, 0.25) is 0 Å². The highest BCUT2D eigenvalue weighted by molar-refractivity contribution is 6.00. The summed E-state index contributed by atoms with van der Waals surface area (Å²) in [4.78, 5) is 26.8. The summed E-state index contributed by atoms with van der Waals surface area (Å²) in [6, 6.07) is 11.0. The number of urea groups is 1. The molecule has 0 unspecified atom stereocenters. The first kappa shape index (κ1) is 18.0. The number of aryl methyl sites for hydroxylation is 1. The van der Waals surface area contributed by atoms with E-state index in [0.717, 1.165) is 19.4 Å². The lowest BCUT2D eigenvalue weighted by Crippen LogP contribution is -2.44. The second-order valence-electron chi connectivity index (χ2n) is 6.52. The average Bonchev–Trinajstić information content (AvgIpc) is 3.03. The fraction of sp³-hybridized carbons (Fsp3) is 0.400. The summed E-state index contributed by atoms with van der Waals surface area (Å²) >= 11 is 0. The minimum atomic E-state index is -0.464. The Labute approximate surface area is 153 Å². The molecule has 0 spiro atoms. The average molecular weight is 355 g/mol. The van der Waals surface area contributed by atoms with Gasteiger partial charge in [-0.2, -0.15) is 0 Å². The Morgan fingerprint density at radius 2 is 1.96 bits per heavy atom. The predicted molar refractivity (Wildman–Crippen MR) is 100 cm³/mol. The zero-order valence-corrected chi connectivity index (χ0v) is 15.5. The van der Waals surface area contributed by atoms with Crippen LogP contribution >= 0.6 is 0 Å². The predicted octanol–water partition coefficient (Wildman–Crippen LogP) is 3.97. The van der Waals surface area contributed by atoms with Crippen LogP contribution in [0.4, 0.5) is 10.5 Å². The van der Waals surface area contributed by atoms with Crippen molar-refractivity contribution in [2.24, 2.45) is 0 Å². The van der Waals surface area contributed by atoms with E-state index in [-0.39, 0.29) is 12.1 Å². The van der Waals surface area contributed by atoms with Crippen LogP contribution in [0, 0.1) is 6.92 Å². The Morgan fingerprint density at radius 1 is 1.19 bits per heavy atom. The van der Waals surface area contributed by atoms with Gasteiger partial charge in [0.2, 0.25) is 0 Å². The van der Waals surface area contributed by atoms with Gasteiger partial charge in [0.25, 0.3) is 0 Å². The van der Waals surface area contributed by atoms with Crippen molar-refractivity contribution in [3.05, 3.63) is 53.3 Å². The maximum absolute atomic E-state index is 13.0. The number of nitrogens with zero attached hydrogens (tertiary/aromatic N) is 2. The number of nitrogens with one attached hydrogen (secondary N) is 1. The molecule has 1 aliphatic heterocycles. The number of ether oxygens (including phenoxy) is 1. The van der Waals surface area contributed by atoms with E-state index in [1.165, 1.54) is 18.5 Å². The Bertz CT molecular complexity index is 812. The Morgan fingerprint density at radius 3 is 2.69 bits per heavy atom. The summed E-state index contributed by atoms with van der Waals surface area (Å²) in [5.74, 6) is -0.464. The van der Waals surface area contributed by atoms with Crippen molar-refractivity contribution in [2.75, 3.05) is 19.0 Å². The monoisotopic (exact) mass is 355 g/mol. The Kier molecular flexibility index (Phi) is 5.30. The lowest BCUT2D eigenvalue weighted by molar-refractivity contribution is 0.0602. The molecule has 3 rings (SSSR count). The SMILES string of the molecule is CCC[C@H]1c2ccc(C)n2CCN1C(=O)Nc1ccccc1C(=O)OC. The quantitative estimate of drug-likeness (QED) is 0.844. The molecule has 6 heteroatoms. The van der Waals surface area contributed by atoms with Crippen molar-refractivity contribution < 1.29 is 14.3 Å². The van der Waals surface area contributed by atoms with Crippen LogP contribution < -0.4 is 5.32 Å². The summed E-state index contributed by atoms with van der Waals surface area (Å²) in [7, 11) is 1.33.